The first-order valence-corrected chi connectivity index (χ1v) is 6.98. The summed E-state index contributed by atoms with van der Waals surface area (Å²) in [5.41, 5.74) is 0.627. The molecule has 2 aromatic heterocycles. The molecule has 0 radical (unpaired) electrons. The summed E-state index contributed by atoms with van der Waals surface area (Å²) in [5, 5.41) is 14.6. The van der Waals surface area contributed by atoms with Gasteiger partial charge in [0.15, 0.2) is 0 Å². The minimum absolute atomic E-state index is 0.0702. The van der Waals surface area contributed by atoms with E-state index in [0.29, 0.717) is 17.1 Å². The predicted molar refractivity (Wildman–Crippen MR) is 78.5 cm³/mol. The van der Waals surface area contributed by atoms with Crippen molar-refractivity contribution in [1.29, 1.82) is 0 Å². The smallest absolute Gasteiger partial charge is 0.244 e. The molecule has 1 N–H and O–H groups in total. The number of hydrogen-bond acceptors (Lipinski definition) is 5. The molecule has 118 valence electrons. The van der Waals surface area contributed by atoms with Crippen LogP contribution in [0.25, 0.3) is 11.4 Å². The molecule has 3 aromatic rings. The number of nitrogens with one attached hydrogen (secondary N) is 1. The van der Waals surface area contributed by atoms with Crippen LogP contribution in [0, 0.1) is 5.82 Å². The molecule has 23 heavy (non-hydrogen) atoms. The molecule has 7 nitrogen and oxygen atoms in total. The summed E-state index contributed by atoms with van der Waals surface area (Å²) in [6.45, 7) is 1.74. The van der Waals surface area contributed by atoms with Crippen molar-refractivity contribution >= 4 is 5.91 Å². The monoisotopic (exact) mass is 315 g/mol. The van der Waals surface area contributed by atoms with Gasteiger partial charge in [-0.2, -0.15) is 4.80 Å². The van der Waals surface area contributed by atoms with E-state index in [9.17, 15) is 9.18 Å². The summed E-state index contributed by atoms with van der Waals surface area (Å²) < 4.78 is 18.1. The Bertz CT molecular complexity index is 783. The van der Waals surface area contributed by atoms with Crippen LogP contribution in [0.4, 0.5) is 4.39 Å². The molecule has 0 saturated heterocycles. The number of aromatic nitrogens is 4. The zero-order chi connectivity index (χ0) is 16.2. The molecule has 1 amide bonds. The Morgan fingerprint density at radius 1 is 1.35 bits per heavy atom. The largest absolute Gasteiger partial charge is 0.467 e. The molecule has 1 aromatic carbocycles. The van der Waals surface area contributed by atoms with Gasteiger partial charge in [0.25, 0.3) is 0 Å². The zero-order valence-corrected chi connectivity index (χ0v) is 12.3. The average molecular weight is 315 g/mol. The molecule has 0 saturated carbocycles. The lowest BCUT2D eigenvalue weighted by molar-refractivity contribution is -0.122. The fraction of sp³-hybridized carbons (Fsp3) is 0.200. The maximum Gasteiger partial charge on any atom is 0.244 e. The molecule has 2 heterocycles. The number of tetrazole rings is 1. The van der Waals surface area contributed by atoms with Crippen molar-refractivity contribution in [2.45, 2.75) is 19.5 Å². The average Bonchev–Trinajstić information content (AvgIpc) is 3.19. The number of carbonyl (C=O) groups excluding carboxylic acids is 1. The van der Waals surface area contributed by atoms with Crippen molar-refractivity contribution in [2.24, 2.45) is 0 Å². The highest BCUT2D eigenvalue weighted by molar-refractivity contribution is 5.75. The van der Waals surface area contributed by atoms with Gasteiger partial charge in [0.2, 0.25) is 11.7 Å². The fourth-order valence-electron chi connectivity index (χ4n) is 2.05. The molecule has 0 aliphatic carbocycles. The standard InChI is InChI=1S/C15H14FN5O2/c1-10(13-3-2-8-23-13)17-14(22)9-21-19-15(18-20-21)11-4-6-12(16)7-5-11/h2-8,10H,9H2,1H3,(H,17,22)/t10-/m1/s1. The molecule has 0 spiro atoms. The van der Waals surface area contributed by atoms with Crippen LogP contribution in [-0.4, -0.2) is 26.1 Å². The predicted octanol–water partition coefficient (Wildman–Crippen LogP) is 1.95. The Morgan fingerprint density at radius 3 is 2.83 bits per heavy atom. The first-order valence-electron chi connectivity index (χ1n) is 6.98. The third kappa shape index (κ3) is 3.60. The van der Waals surface area contributed by atoms with Crippen LogP contribution in [0.1, 0.15) is 18.7 Å². The summed E-state index contributed by atoms with van der Waals surface area (Å²) in [6, 6.07) is 9.02. The molecule has 0 aliphatic heterocycles. The van der Waals surface area contributed by atoms with Crippen molar-refractivity contribution < 1.29 is 13.6 Å². The number of benzene rings is 1. The van der Waals surface area contributed by atoms with Crippen molar-refractivity contribution in [2.75, 3.05) is 0 Å². The Kier molecular flexibility index (Phi) is 4.13. The second-order valence-electron chi connectivity index (χ2n) is 4.95. The Labute approximate surface area is 131 Å². The topological polar surface area (TPSA) is 85.8 Å². The first kappa shape index (κ1) is 14.9. The lowest BCUT2D eigenvalue weighted by Crippen LogP contribution is -2.30. The van der Waals surface area contributed by atoms with Crippen LogP contribution in [0.3, 0.4) is 0 Å². The summed E-state index contributed by atoms with van der Waals surface area (Å²) in [4.78, 5) is 13.2. The number of nitrogens with zero attached hydrogens (tertiary/aromatic N) is 4. The number of rotatable bonds is 5. The maximum absolute atomic E-state index is 12.9. The van der Waals surface area contributed by atoms with Gasteiger partial charge in [-0.3, -0.25) is 4.79 Å². The van der Waals surface area contributed by atoms with Gasteiger partial charge in [-0.15, -0.1) is 10.2 Å². The highest BCUT2D eigenvalue weighted by atomic mass is 19.1. The van der Waals surface area contributed by atoms with Crippen molar-refractivity contribution in [3.63, 3.8) is 0 Å². The van der Waals surface area contributed by atoms with E-state index >= 15 is 0 Å². The molecule has 8 heteroatoms. The molecular weight excluding hydrogens is 301 g/mol. The van der Waals surface area contributed by atoms with Crippen molar-refractivity contribution in [3.8, 4) is 11.4 Å². The number of furan rings is 1. The number of amides is 1. The van der Waals surface area contributed by atoms with Crippen LogP contribution in [-0.2, 0) is 11.3 Å². The Hall–Kier alpha value is -3.03. The Balaban J connectivity index is 1.62. The van der Waals surface area contributed by atoms with Crippen LogP contribution >= 0.6 is 0 Å². The van der Waals surface area contributed by atoms with Crippen molar-refractivity contribution in [1.82, 2.24) is 25.5 Å². The summed E-state index contributed by atoms with van der Waals surface area (Å²) in [6.07, 6.45) is 1.55. The van der Waals surface area contributed by atoms with Gasteiger partial charge in [0.1, 0.15) is 18.1 Å². The van der Waals surface area contributed by atoms with Gasteiger partial charge in [0.05, 0.1) is 12.3 Å². The van der Waals surface area contributed by atoms with Gasteiger partial charge in [-0.1, -0.05) is 0 Å². The van der Waals surface area contributed by atoms with E-state index in [2.05, 4.69) is 20.7 Å². The molecular formula is C15H14FN5O2. The maximum atomic E-state index is 12.9. The van der Waals surface area contributed by atoms with Gasteiger partial charge in [-0.05, 0) is 48.5 Å². The SMILES string of the molecule is C[C@@H](NC(=O)Cn1nnc(-c2ccc(F)cc2)n1)c1ccco1. The van der Waals surface area contributed by atoms with E-state index in [1.54, 1.807) is 30.5 Å². The molecule has 0 unspecified atom stereocenters. The van der Waals surface area contributed by atoms with E-state index in [1.807, 2.05) is 6.92 Å². The molecule has 0 aliphatic rings. The van der Waals surface area contributed by atoms with E-state index in [-0.39, 0.29) is 24.3 Å². The highest BCUT2D eigenvalue weighted by Gasteiger charge is 2.14. The lowest BCUT2D eigenvalue weighted by atomic mass is 10.2. The van der Waals surface area contributed by atoms with E-state index < -0.39 is 0 Å². The normalized spacial score (nSPS) is 12.1. The number of halogens is 1. The third-order valence-electron chi connectivity index (χ3n) is 3.19. The fourth-order valence-corrected chi connectivity index (χ4v) is 2.05. The first-order chi connectivity index (χ1) is 11.1. The lowest BCUT2D eigenvalue weighted by Gasteiger charge is -2.10. The molecule has 0 bridgehead atoms. The number of carbonyl (C=O) groups is 1. The zero-order valence-electron chi connectivity index (χ0n) is 12.3. The van der Waals surface area contributed by atoms with Crippen LogP contribution < -0.4 is 5.32 Å². The molecule has 3 rings (SSSR count). The van der Waals surface area contributed by atoms with Gasteiger partial charge in [0, 0.05) is 5.56 Å². The summed E-state index contributed by atoms with van der Waals surface area (Å²) in [5.74, 6) is 0.387. The van der Waals surface area contributed by atoms with E-state index in [0.717, 1.165) is 0 Å². The second-order valence-corrected chi connectivity index (χ2v) is 4.95. The third-order valence-corrected chi connectivity index (χ3v) is 3.19. The number of hydrogen-bond donors (Lipinski definition) is 1. The molecule has 1 atom stereocenters. The van der Waals surface area contributed by atoms with Crippen LogP contribution in [0.15, 0.2) is 47.1 Å². The minimum atomic E-state index is -0.340. The summed E-state index contributed by atoms with van der Waals surface area (Å²) >= 11 is 0. The van der Waals surface area contributed by atoms with Gasteiger partial charge < -0.3 is 9.73 Å². The van der Waals surface area contributed by atoms with Gasteiger partial charge >= 0.3 is 0 Å². The van der Waals surface area contributed by atoms with Crippen LogP contribution in [0.5, 0.6) is 0 Å². The minimum Gasteiger partial charge on any atom is -0.467 e. The van der Waals surface area contributed by atoms with E-state index in [4.69, 9.17) is 4.42 Å². The second kappa shape index (κ2) is 6.39. The molecule has 0 fully saturated rings. The quantitative estimate of drug-likeness (QED) is 0.777. The summed E-state index contributed by atoms with van der Waals surface area (Å²) in [7, 11) is 0. The van der Waals surface area contributed by atoms with Crippen LogP contribution in [0.2, 0.25) is 0 Å². The van der Waals surface area contributed by atoms with Gasteiger partial charge in [-0.25, -0.2) is 4.39 Å². The Morgan fingerprint density at radius 2 is 2.13 bits per heavy atom. The van der Waals surface area contributed by atoms with E-state index in [1.165, 1.54) is 16.9 Å². The highest BCUT2D eigenvalue weighted by Crippen LogP contribution is 2.14. The van der Waals surface area contributed by atoms with Crippen molar-refractivity contribution in [3.05, 3.63) is 54.2 Å².